The molecule has 1 atom stereocenters. The predicted molar refractivity (Wildman–Crippen MR) is 72.1 cm³/mol. The fourth-order valence-corrected chi connectivity index (χ4v) is 3.12. The van der Waals surface area contributed by atoms with Gasteiger partial charge in [0.25, 0.3) is 0 Å². The molecule has 102 valence electrons. The smallest absolute Gasteiger partial charge is 0.0951 e. The molecule has 18 heavy (non-hydrogen) atoms. The molecule has 4 heteroatoms. The maximum atomic E-state index is 9.18. The molecule has 1 fully saturated rings. The molecular weight excluding hydrogens is 226 g/mol. The van der Waals surface area contributed by atoms with E-state index in [0.717, 1.165) is 11.6 Å². The maximum absolute atomic E-state index is 9.18. The summed E-state index contributed by atoms with van der Waals surface area (Å²) in [5.41, 5.74) is 6.88. The van der Waals surface area contributed by atoms with Crippen LogP contribution in [-0.4, -0.2) is 21.3 Å². The number of rotatable bonds is 5. The Morgan fingerprint density at radius 1 is 1.44 bits per heavy atom. The highest BCUT2D eigenvalue weighted by atomic mass is 16.3. The molecule has 1 unspecified atom stereocenters. The number of aliphatic hydroxyl groups is 1. The Kier molecular flexibility index (Phi) is 4.78. The molecule has 2 rings (SSSR count). The Bertz CT molecular complexity index is 356. The van der Waals surface area contributed by atoms with Gasteiger partial charge in [-0.1, -0.05) is 19.8 Å². The lowest BCUT2D eigenvalue weighted by molar-refractivity contribution is 0.240. The zero-order valence-electron chi connectivity index (χ0n) is 11.3. The molecule has 0 aromatic carbocycles. The summed E-state index contributed by atoms with van der Waals surface area (Å²) in [5.74, 6) is 0.907. The first kappa shape index (κ1) is 13.6. The van der Waals surface area contributed by atoms with Crippen LogP contribution in [-0.2, 0) is 0 Å². The molecule has 0 spiro atoms. The van der Waals surface area contributed by atoms with Crippen molar-refractivity contribution < 1.29 is 5.11 Å². The first-order valence-electron chi connectivity index (χ1n) is 7.14. The molecule has 1 saturated carbocycles. The molecular formula is C14H25N3O. The van der Waals surface area contributed by atoms with Crippen LogP contribution >= 0.6 is 0 Å². The number of aliphatic hydroxyl groups excluding tert-OH is 1. The third kappa shape index (κ3) is 2.93. The molecule has 1 heterocycles. The van der Waals surface area contributed by atoms with Gasteiger partial charge < -0.3 is 15.4 Å². The number of hydrogen-bond donors (Lipinski definition) is 2. The molecule has 1 aromatic rings. The summed E-state index contributed by atoms with van der Waals surface area (Å²) >= 11 is 0. The summed E-state index contributed by atoms with van der Waals surface area (Å²) in [4.78, 5) is 4.19. The molecule has 4 nitrogen and oxygen atoms in total. The molecule has 1 aliphatic rings. The monoisotopic (exact) mass is 251 g/mol. The van der Waals surface area contributed by atoms with E-state index in [4.69, 9.17) is 5.73 Å². The van der Waals surface area contributed by atoms with Crippen molar-refractivity contribution >= 4 is 0 Å². The molecule has 0 amide bonds. The minimum absolute atomic E-state index is 0.0170. The van der Waals surface area contributed by atoms with Gasteiger partial charge in [0.2, 0.25) is 0 Å². The third-order valence-corrected chi connectivity index (χ3v) is 4.18. The second-order valence-corrected chi connectivity index (χ2v) is 5.48. The zero-order valence-corrected chi connectivity index (χ0v) is 11.3. The van der Waals surface area contributed by atoms with Gasteiger partial charge >= 0.3 is 0 Å². The Hall–Kier alpha value is -0.870. The van der Waals surface area contributed by atoms with E-state index < -0.39 is 0 Å². The molecule has 0 aliphatic heterocycles. The Morgan fingerprint density at radius 3 is 2.78 bits per heavy atom. The average Bonchev–Trinajstić information content (AvgIpc) is 2.88. The molecule has 0 saturated heterocycles. The Morgan fingerprint density at radius 2 is 2.17 bits per heavy atom. The quantitative estimate of drug-likeness (QED) is 0.844. The van der Waals surface area contributed by atoms with Crippen LogP contribution in [0, 0.1) is 5.92 Å². The topological polar surface area (TPSA) is 64.1 Å². The van der Waals surface area contributed by atoms with Gasteiger partial charge in [0.05, 0.1) is 24.7 Å². The van der Waals surface area contributed by atoms with Gasteiger partial charge in [0, 0.05) is 12.2 Å². The third-order valence-electron chi connectivity index (χ3n) is 4.18. The molecule has 0 radical (unpaired) electrons. The lowest BCUT2D eigenvalue weighted by Crippen LogP contribution is -2.24. The molecule has 1 aliphatic carbocycles. The van der Waals surface area contributed by atoms with E-state index >= 15 is 0 Å². The van der Waals surface area contributed by atoms with Crippen molar-refractivity contribution in [3.63, 3.8) is 0 Å². The largest absolute Gasteiger partial charge is 0.394 e. The molecule has 1 aromatic heterocycles. The summed E-state index contributed by atoms with van der Waals surface area (Å²) in [6.07, 6.45) is 11.4. The van der Waals surface area contributed by atoms with E-state index in [2.05, 4.69) is 16.5 Å². The van der Waals surface area contributed by atoms with Crippen molar-refractivity contribution in [3.05, 3.63) is 18.2 Å². The number of imidazole rings is 1. The van der Waals surface area contributed by atoms with E-state index in [0.29, 0.717) is 6.04 Å². The minimum Gasteiger partial charge on any atom is -0.394 e. The second kappa shape index (κ2) is 6.34. The lowest BCUT2D eigenvalue weighted by Gasteiger charge is -2.30. The van der Waals surface area contributed by atoms with Crippen molar-refractivity contribution in [2.75, 3.05) is 6.61 Å². The van der Waals surface area contributed by atoms with Crippen molar-refractivity contribution in [1.82, 2.24) is 9.55 Å². The van der Waals surface area contributed by atoms with Gasteiger partial charge in [0.15, 0.2) is 0 Å². The van der Waals surface area contributed by atoms with Crippen LogP contribution in [0.2, 0.25) is 0 Å². The van der Waals surface area contributed by atoms with Crippen LogP contribution < -0.4 is 5.73 Å². The molecule has 3 N–H and O–H groups in total. The number of aromatic nitrogens is 2. The van der Waals surface area contributed by atoms with Gasteiger partial charge in [-0.2, -0.15) is 0 Å². The van der Waals surface area contributed by atoms with Crippen LogP contribution in [0.25, 0.3) is 0 Å². The second-order valence-electron chi connectivity index (χ2n) is 5.48. The van der Waals surface area contributed by atoms with E-state index in [1.165, 1.54) is 38.5 Å². The Labute approximate surface area is 109 Å². The van der Waals surface area contributed by atoms with Crippen molar-refractivity contribution in [1.29, 1.82) is 0 Å². The number of nitrogens with two attached hydrogens (primary N) is 1. The van der Waals surface area contributed by atoms with E-state index in [1.807, 2.05) is 6.33 Å². The van der Waals surface area contributed by atoms with Crippen molar-refractivity contribution in [2.45, 2.75) is 57.5 Å². The SMILES string of the molecule is CCCC1CCC(n2cncc2C(N)CO)CC1. The van der Waals surface area contributed by atoms with Crippen LogP contribution in [0.3, 0.4) is 0 Å². The van der Waals surface area contributed by atoms with Crippen molar-refractivity contribution in [3.8, 4) is 0 Å². The maximum Gasteiger partial charge on any atom is 0.0951 e. The summed E-state index contributed by atoms with van der Waals surface area (Å²) < 4.78 is 2.18. The van der Waals surface area contributed by atoms with Gasteiger partial charge in [-0.15, -0.1) is 0 Å². The van der Waals surface area contributed by atoms with Gasteiger partial charge in [-0.3, -0.25) is 0 Å². The van der Waals surface area contributed by atoms with Crippen LogP contribution in [0.5, 0.6) is 0 Å². The summed E-state index contributed by atoms with van der Waals surface area (Å²) in [7, 11) is 0. The normalized spacial score (nSPS) is 26.2. The van der Waals surface area contributed by atoms with E-state index in [1.54, 1.807) is 6.20 Å². The van der Waals surface area contributed by atoms with Gasteiger partial charge in [-0.05, 0) is 31.6 Å². The highest BCUT2D eigenvalue weighted by molar-refractivity contribution is 5.06. The zero-order chi connectivity index (χ0) is 13.0. The standard InChI is InChI=1S/C14H25N3O/c1-2-3-11-4-6-12(7-5-11)17-10-16-8-14(17)13(15)9-18/h8,10-13,18H,2-7,9,15H2,1H3. The highest BCUT2D eigenvalue weighted by Crippen LogP contribution is 2.35. The Balaban J connectivity index is 1.99. The van der Waals surface area contributed by atoms with Crippen LogP contribution in [0.15, 0.2) is 12.5 Å². The predicted octanol–water partition coefficient (Wildman–Crippen LogP) is 2.41. The van der Waals surface area contributed by atoms with E-state index in [-0.39, 0.29) is 12.6 Å². The fourth-order valence-electron chi connectivity index (χ4n) is 3.12. The highest BCUT2D eigenvalue weighted by Gasteiger charge is 2.24. The van der Waals surface area contributed by atoms with Crippen LogP contribution in [0.4, 0.5) is 0 Å². The lowest BCUT2D eigenvalue weighted by atomic mass is 9.83. The fraction of sp³-hybridized carbons (Fsp3) is 0.786. The first-order valence-corrected chi connectivity index (χ1v) is 7.14. The van der Waals surface area contributed by atoms with Gasteiger partial charge in [-0.25, -0.2) is 4.98 Å². The number of nitrogens with zero attached hydrogens (tertiary/aromatic N) is 2. The minimum atomic E-state index is -0.305. The van der Waals surface area contributed by atoms with Gasteiger partial charge in [0.1, 0.15) is 0 Å². The van der Waals surface area contributed by atoms with Crippen LogP contribution in [0.1, 0.15) is 63.2 Å². The van der Waals surface area contributed by atoms with Crippen molar-refractivity contribution in [2.24, 2.45) is 11.7 Å². The number of hydrogen-bond acceptors (Lipinski definition) is 3. The summed E-state index contributed by atoms with van der Waals surface area (Å²) in [5, 5.41) is 9.18. The molecule has 0 bridgehead atoms. The average molecular weight is 251 g/mol. The summed E-state index contributed by atoms with van der Waals surface area (Å²) in [6, 6.07) is 0.217. The first-order chi connectivity index (χ1) is 8.76. The summed E-state index contributed by atoms with van der Waals surface area (Å²) in [6.45, 7) is 2.25. The van der Waals surface area contributed by atoms with E-state index in [9.17, 15) is 5.11 Å².